The molecule has 0 amide bonds. The number of nitrogens with zero attached hydrogens (tertiary/aromatic N) is 3. The van der Waals surface area contributed by atoms with Gasteiger partial charge in [0.1, 0.15) is 22.7 Å². The zero-order chi connectivity index (χ0) is 21.5. The van der Waals surface area contributed by atoms with Gasteiger partial charge < -0.3 is 24.4 Å². The molecule has 1 N–H and O–H groups in total. The number of methoxy groups -OCH3 is 1. The van der Waals surface area contributed by atoms with E-state index in [4.69, 9.17) is 19.2 Å². The number of hydrogen-bond acceptors (Lipinski definition) is 6. The van der Waals surface area contributed by atoms with Crippen molar-refractivity contribution in [2.24, 2.45) is 4.99 Å². The van der Waals surface area contributed by atoms with Crippen molar-refractivity contribution in [1.29, 1.82) is 0 Å². The molecule has 1 aliphatic rings. The molecule has 1 aliphatic heterocycles. The molecule has 172 valence electrons. The van der Waals surface area contributed by atoms with E-state index in [0.717, 1.165) is 40.1 Å². The average Bonchev–Trinajstić information content (AvgIpc) is 3.20. The quantitative estimate of drug-likeness (QED) is 0.296. The number of nitrogens with one attached hydrogen (secondary N) is 1. The molecular weight excluding hydrogens is 534 g/mol. The van der Waals surface area contributed by atoms with E-state index in [0.29, 0.717) is 26.1 Å². The van der Waals surface area contributed by atoms with Crippen LogP contribution in [0, 0.1) is 5.82 Å². The number of halogens is 2. The number of hydrogen-bond donors (Lipinski definition) is 1. The van der Waals surface area contributed by atoms with Gasteiger partial charge >= 0.3 is 0 Å². The number of thiazole rings is 1. The van der Waals surface area contributed by atoms with E-state index in [-0.39, 0.29) is 42.7 Å². The van der Waals surface area contributed by atoms with Crippen LogP contribution in [-0.2, 0) is 29.0 Å². The van der Waals surface area contributed by atoms with Crippen molar-refractivity contribution in [3.8, 4) is 5.75 Å². The summed E-state index contributed by atoms with van der Waals surface area (Å²) < 4.78 is 30.1. The van der Waals surface area contributed by atoms with Crippen molar-refractivity contribution in [1.82, 2.24) is 15.2 Å². The first-order valence-electron chi connectivity index (χ1n) is 10.00. The van der Waals surface area contributed by atoms with Crippen molar-refractivity contribution < 1.29 is 18.6 Å². The molecule has 0 fully saturated rings. The molecule has 1 aromatic heterocycles. The van der Waals surface area contributed by atoms with E-state index in [1.807, 2.05) is 31.2 Å². The molecule has 1 atom stereocenters. The fourth-order valence-corrected chi connectivity index (χ4v) is 4.04. The number of aromatic nitrogens is 1. The standard InChI is InChI=1S/C21H29FN4O3S.HI/c1-5-23-21(26(3)10-18-12-30-20(25-18)14(2)27-4)24-7-6-15-8-17(22)9-16-11-28-13-29-19(15)16;/h8-9,12,14H,5-7,10-11,13H2,1-4H3,(H,23,24);1H. The summed E-state index contributed by atoms with van der Waals surface area (Å²) in [5.74, 6) is 1.22. The first-order valence-corrected chi connectivity index (χ1v) is 10.9. The zero-order valence-corrected chi connectivity index (χ0v) is 21.5. The van der Waals surface area contributed by atoms with Gasteiger partial charge in [0.05, 0.1) is 18.8 Å². The second-order valence-electron chi connectivity index (χ2n) is 7.06. The van der Waals surface area contributed by atoms with Crippen LogP contribution in [0.3, 0.4) is 0 Å². The van der Waals surface area contributed by atoms with E-state index in [1.165, 1.54) is 12.1 Å². The lowest BCUT2D eigenvalue weighted by Gasteiger charge is -2.22. The molecule has 0 saturated carbocycles. The smallest absolute Gasteiger partial charge is 0.194 e. The third-order valence-corrected chi connectivity index (χ3v) is 5.82. The summed E-state index contributed by atoms with van der Waals surface area (Å²) in [5, 5.41) is 6.31. The number of fused-ring (bicyclic) bond motifs is 1. The summed E-state index contributed by atoms with van der Waals surface area (Å²) in [5.41, 5.74) is 2.53. The van der Waals surface area contributed by atoms with Crippen molar-refractivity contribution in [3.63, 3.8) is 0 Å². The van der Waals surface area contributed by atoms with Crippen LogP contribution < -0.4 is 10.1 Å². The van der Waals surface area contributed by atoms with Crippen LogP contribution in [0.15, 0.2) is 22.5 Å². The fraction of sp³-hybridized carbons (Fsp3) is 0.524. The van der Waals surface area contributed by atoms with Gasteiger partial charge in [-0.15, -0.1) is 35.3 Å². The summed E-state index contributed by atoms with van der Waals surface area (Å²) in [6.45, 7) is 6.47. The molecule has 7 nitrogen and oxygen atoms in total. The summed E-state index contributed by atoms with van der Waals surface area (Å²) in [6.07, 6.45) is 0.565. The van der Waals surface area contributed by atoms with Crippen molar-refractivity contribution in [3.05, 3.63) is 45.2 Å². The minimum atomic E-state index is -0.282. The average molecular weight is 564 g/mol. The molecule has 10 heteroatoms. The maximum absolute atomic E-state index is 13.9. The van der Waals surface area contributed by atoms with E-state index in [1.54, 1.807) is 18.4 Å². The highest BCUT2D eigenvalue weighted by molar-refractivity contribution is 14.0. The first-order chi connectivity index (χ1) is 14.5. The maximum Gasteiger partial charge on any atom is 0.194 e. The first kappa shape index (κ1) is 25.8. The fourth-order valence-electron chi connectivity index (χ4n) is 3.20. The van der Waals surface area contributed by atoms with Gasteiger partial charge in [0.25, 0.3) is 0 Å². The molecule has 3 rings (SSSR count). The van der Waals surface area contributed by atoms with Gasteiger partial charge in [-0.25, -0.2) is 9.37 Å². The number of rotatable bonds is 8. The summed E-state index contributed by atoms with van der Waals surface area (Å²) >= 11 is 1.60. The molecule has 0 spiro atoms. The summed E-state index contributed by atoms with van der Waals surface area (Å²) in [6, 6.07) is 2.98. The number of guanidine groups is 1. The lowest BCUT2D eigenvalue weighted by molar-refractivity contribution is -0.0172. The molecule has 2 aromatic rings. The van der Waals surface area contributed by atoms with E-state index in [2.05, 4.69) is 10.3 Å². The van der Waals surface area contributed by atoms with Crippen LogP contribution in [0.1, 0.15) is 41.8 Å². The predicted octanol–water partition coefficient (Wildman–Crippen LogP) is 4.11. The third-order valence-electron chi connectivity index (χ3n) is 4.76. The molecular formula is C21H30FIN4O3S. The van der Waals surface area contributed by atoms with Gasteiger partial charge in [0.15, 0.2) is 12.8 Å². The second kappa shape index (κ2) is 12.5. The Hall–Kier alpha value is -1.50. The Morgan fingerprint density at radius 2 is 2.26 bits per heavy atom. The van der Waals surface area contributed by atoms with Gasteiger partial charge in [-0.3, -0.25) is 4.99 Å². The topological polar surface area (TPSA) is 68.2 Å². The van der Waals surface area contributed by atoms with Gasteiger partial charge in [0.2, 0.25) is 0 Å². The highest BCUT2D eigenvalue weighted by Gasteiger charge is 2.17. The van der Waals surface area contributed by atoms with Gasteiger partial charge in [-0.1, -0.05) is 0 Å². The number of benzene rings is 1. The van der Waals surface area contributed by atoms with Crippen LogP contribution >= 0.6 is 35.3 Å². The van der Waals surface area contributed by atoms with Crippen LogP contribution in [0.25, 0.3) is 0 Å². The van der Waals surface area contributed by atoms with Crippen molar-refractivity contribution >= 4 is 41.3 Å². The molecule has 0 saturated heterocycles. The lowest BCUT2D eigenvalue weighted by atomic mass is 10.1. The van der Waals surface area contributed by atoms with E-state index >= 15 is 0 Å². The monoisotopic (exact) mass is 564 g/mol. The Morgan fingerprint density at radius 1 is 1.45 bits per heavy atom. The Morgan fingerprint density at radius 3 is 3.00 bits per heavy atom. The van der Waals surface area contributed by atoms with E-state index in [9.17, 15) is 4.39 Å². The molecule has 31 heavy (non-hydrogen) atoms. The predicted molar refractivity (Wildman–Crippen MR) is 131 cm³/mol. The molecule has 1 unspecified atom stereocenters. The van der Waals surface area contributed by atoms with Gasteiger partial charge in [-0.2, -0.15) is 0 Å². The Kier molecular flexibility index (Phi) is 10.4. The molecule has 0 aliphatic carbocycles. The third kappa shape index (κ3) is 6.99. The molecule has 1 aromatic carbocycles. The van der Waals surface area contributed by atoms with Gasteiger partial charge in [-0.05, 0) is 38.0 Å². The van der Waals surface area contributed by atoms with Crippen molar-refractivity contribution in [2.45, 2.75) is 39.5 Å². The SMILES string of the molecule is CCNC(=NCCc1cc(F)cc2c1OCOC2)N(C)Cc1csc(C(C)OC)n1.I. The van der Waals surface area contributed by atoms with Crippen molar-refractivity contribution in [2.75, 3.05) is 34.0 Å². The maximum atomic E-state index is 13.9. The Balaban J connectivity index is 0.00000341. The normalized spacial score (nSPS) is 14.3. The van der Waals surface area contributed by atoms with Crippen LogP contribution in [-0.4, -0.2) is 49.9 Å². The van der Waals surface area contributed by atoms with Crippen LogP contribution in [0.5, 0.6) is 5.75 Å². The minimum absolute atomic E-state index is 0. The molecule has 0 bridgehead atoms. The number of aliphatic imine (C=N–C) groups is 1. The van der Waals surface area contributed by atoms with Crippen LogP contribution in [0.4, 0.5) is 4.39 Å². The lowest BCUT2D eigenvalue weighted by Crippen LogP contribution is -2.38. The minimum Gasteiger partial charge on any atom is -0.467 e. The highest BCUT2D eigenvalue weighted by atomic mass is 127. The largest absolute Gasteiger partial charge is 0.467 e. The second-order valence-corrected chi connectivity index (χ2v) is 7.95. The molecule has 2 heterocycles. The van der Waals surface area contributed by atoms with Crippen LogP contribution in [0.2, 0.25) is 0 Å². The summed E-state index contributed by atoms with van der Waals surface area (Å²) in [4.78, 5) is 11.4. The highest BCUT2D eigenvalue weighted by Crippen LogP contribution is 2.29. The van der Waals surface area contributed by atoms with E-state index < -0.39 is 0 Å². The van der Waals surface area contributed by atoms with Gasteiger partial charge in [0, 0.05) is 38.2 Å². The Labute approximate surface area is 204 Å². The zero-order valence-electron chi connectivity index (χ0n) is 18.3. The summed E-state index contributed by atoms with van der Waals surface area (Å²) in [7, 11) is 3.66. The number of ether oxygens (including phenoxy) is 3. The molecule has 0 radical (unpaired) electrons. The Bertz CT molecular complexity index is 880.